The van der Waals surface area contributed by atoms with Crippen molar-refractivity contribution in [2.45, 2.75) is 85.1 Å². The Morgan fingerprint density at radius 3 is 2.48 bits per heavy atom. The van der Waals surface area contributed by atoms with Crippen LogP contribution in [0.15, 0.2) is 22.8 Å². The molecule has 0 heterocycles. The molecule has 120 valence electrons. The predicted molar refractivity (Wildman–Crippen MR) is 93.6 cm³/mol. The molecule has 1 heteroatoms. The normalized spacial score (nSPS) is 22.8. The van der Waals surface area contributed by atoms with Gasteiger partial charge in [0.1, 0.15) is 0 Å². The predicted octanol–water partition coefficient (Wildman–Crippen LogP) is 5.72. The molecule has 0 saturated heterocycles. The Kier molecular flexibility index (Phi) is 5.71. The minimum atomic E-state index is 0.225. The molecule has 21 heavy (non-hydrogen) atoms. The van der Waals surface area contributed by atoms with Gasteiger partial charge in [-0.1, -0.05) is 38.8 Å². The van der Waals surface area contributed by atoms with Crippen LogP contribution in [0.4, 0.5) is 0 Å². The van der Waals surface area contributed by atoms with Crippen molar-refractivity contribution in [3.63, 3.8) is 0 Å². The van der Waals surface area contributed by atoms with E-state index < -0.39 is 0 Å². The van der Waals surface area contributed by atoms with E-state index in [0.717, 1.165) is 12.5 Å². The lowest BCUT2D eigenvalue weighted by atomic mass is 9.80. The van der Waals surface area contributed by atoms with Crippen LogP contribution in [0.5, 0.6) is 0 Å². The molecule has 2 rings (SSSR count). The van der Waals surface area contributed by atoms with Crippen LogP contribution in [0.2, 0.25) is 0 Å². The summed E-state index contributed by atoms with van der Waals surface area (Å²) in [7, 11) is 0. The van der Waals surface area contributed by atoms with Crippen molar-refractivity contribution in [1.29, 1.82) is 0 Å². The van der Waals surface area contributed by atoms with E-state index in [0.29, 0.717) is 0 Å². The minimum absolute atomic E-state index is 0.225. The van der Waals surface area contributed by atoms with Crippen molar-refractivity contribution in [2.24, 2.45) is 5.92 Å². The van der Waals surface area contributed by atoms with E-state index in [2.05, 4.69) is 45.6 Å². The van der Waals surface area contributed by atoms with Crippen LogP contribution in [0.1, 0.15) is 79.6 Å². The molecule has 0 amide bonds. The van der Waals surface area contributed by atoms with E-state index in [1.807, 2.05) is 0 Å². The summed E-state index contributed by atoms with van der Waals surface area (Å²) >= 11 is 0. The third-order valence-corrected chi connectivity index (χ3v) is 5.76. The van der Waals surface area contributed by atoms with E-state index in [-0.39, 0.29) is 5.54 Å². The monoisotopic (exact) mass is 289 g/mol. The summed E-state index contributed by atoms with van der Waals surface area (Å²) in [5.74, 6) is 0.859. The van der Waals surface area contributed by atoms with Crippen molar-refractivity contribution < 1.29 is 0 Å². The third kappa shape index (κ3) is 3.44. The smallest absolute Gasteiger partial charge is 0.0367 e. The molecule has 0 aliphatic heterocycles. The molecule has 0 radical (unpaired) electrons. The summed E-state index contributed by atoms with van der Waals surface area (Å²) in [4.78, 5) is 2.66. The van der Waals surface area contributed by atoms with Crippen LogP contribution in [0.3, 0.4) is 0 Å². The topological polar surface area (TPSA) is 3.24 Å². The highest BCUT2D eigenvalue weighted by Crippen LogP contribution is 2.44. The molecular weight excluding hydrogens is 254 g/mol. The van der Waals surface area contributed by atoms with E-state index in [1.165, 1.54) is 51.5 Å². The van der Waals surface area contributed by atoms with Crippen molar-refractivity contribution in [2.75, 3.05) is 13.1 Å². The average Bonchev–Trinajstić information content (AvgIpc) is 2.87. The Hall–Kier alpha value is -0.560. The molecule has 2 aliphatic rings. The van der Waals surface area contributed by atoms with Gasteiger partial charge in [-0.3, -0.25) is 4.90 Å². The maximum atomic E-state index is 2.66. The van der Waals surface area contributed by atoms with Crippen molar-refractivity contribution in [3.8, 4) is 0 Å². The molecule has 0 spiro atoms. The lowest BCUT2D eigenvalue weighted by Crippen LogP contribution is -2.46. The summed E-state index contributed by atoms with van der Waals surface area (Å²) in [6, 6.07) is 0. The molecule has 1 atom stereocenters. The van der Waals surface area contributed by atoms with E-state index in [9.17, 15) is 0 Å². The summed E-state index contributed by atoms with van der Waals surface area (Å²) in [6.07, 6.45) is 12.0. The Balaban J connectivity index is 2.22. The first-order valence-corrected chi connectivity index (χ1v) is 9.22. The van der Waals surface area contributed by atoms with Gasteiger partial charge in [0, 0.05) is 5.54 Å². The first-order valence-electron chi connectivity index (χ1n) is 9.22. The standard InChI is InChI=1S/C20H35N/c1-6-9-16-10-11-17-12-13-18(15-19(16)17)20(4,5)21(8-3)14-7-2/h15-16H,6-14H2,1-5H3. The fourth-order valence-electron chi connectivity index (χ4n) is 4.41. The maximum absolute atomic E-state index is 2.66. The van der Waals surface area contributed by atoms with Gasteiger partial charge in [0.2, 0.25) is 0 Å². The Morgan fingerprint density at radius 2 is 1.86 bits per heavy atom. The molecule has 0 aromatic carbocycles. The van der Waals surface area contributed by atoms with Crippen LogP contribution in [0.25, 0.3) is 0 Å². The zero-order chi connectivity index (χ0) is 15.5. The van der Waals surface area contributed by atoms with Crippen LogP contribution in [-0.4, -0.2) is 23.5 Å². The Labute approximate surface area is 132 Å². The highest BCUT2D eigenvalue weighted by molar-refractivity contribution is 5.41. The Bertz CT molecular complexity index is 414. The molecule has 0 N–H and O–H groups in total. The quantitative estimate of drug-likeness (QED) is 0.579. The van der Waals surface area contributed by atoms with Gasteiger partial charge in [0.05, 0.1) is 0 Å². The fourth-order valence-corrected chi connectivity index (χ4v) is 4.41. The number of hydrogen-bond donors (Lipinski definition) is 0. The number of likely N-dealkylation sites (N-methyl/N-ethyl adjacent to an activating group) is 1. The lowest BCUT2D eigenvalue weighted by Gasteiger charge is -2.41. The summed E-state index contributed by atoms with van der Waals surface area (Å²) < 4.78 is 0. The summed E-state index contributed by atoms with van der Waals surface area (Å²) in [6.45, 7) is 14.2. The van der Waals surface area contributed by atoms with Gasteiger partial charge in [-0.2, -0.15) is 0 Å². The van der Waals surface area contributed by atoms with Crippen LogP contribution >= 0.6 is 0 Å². The van der Waals surface area contributed by atoms with Gasteiger partial charge in [-0.15, -0.1) is 0 Å². The van der Waals surface area contributed by atoms with Gasteiger partial charge >= 0.3 is 0 Å². The molecule has 0 bridgehead atoms. The largest absolute Gasteiger partial charge is 0.295 e. The summed E-state index contributed by atoms with van der Waals surface area (Å²) in [5, 5.41) is 0. The van der Waals surface area contributed by atoms with Crippen molar-refractivity contribution in [1.82, 2.24) is 4.90 Å². The summed E-state index contributed by atoms with van der Waals surface area (Å²) in [5.41, 5.74) is 5.42. The lowest BCUT2D eigenvalue weighted by molar-refractivity contribution is 0.156. The number of nitrogens with zero attached hydrogens (tertiary/aromatic N) is 1. The molecule has 0 aromatic rings. The molecule has 0 aromatic heterocycles. The van der Waals surface area contributed by atoms with E-state index in [1.54, 1.807) is 16.7 Å². The van der Waals surface area contributed by atoms with Gasteiger partial charge in [0.15, 0.2) is 0 Å². The molecule has 1 unspecified atom stereocenters. The number of allylic oxidation sites excluding steroid dienone is 3. The second-order valence-electron chi connectivity index (χ2n) is 7.39. The van der Waals surface area contributed by atoms with Gasteiger partial charge in [0.25, 0.3) is 0 Å². The van der Waals surface area contributed by atoms with Crippen molar-refractivity contribution >= 4 is 0 Å². The van der Waals surface area contributed by atoms with Crippen LogP contribution in [0, 0.1) is 5.92 Å². The number of hydrogen-bond acceptors (Lipinski definition) is 1. The highest BCUT2D eigenvalue weighted by atomic mass is 15.2. The van der Waals surface area contributed by atoms with Gasteiger partial charge in [-0.05, 0) is 82.5 Å². The van der Waals surface area contributed by atoms with Gasteiger partial charge < -0.3 is 0 Å². The van der Waals surface area contributed by atoms with Crippen LogP contribution < -0.4 is 0 Å². The SMILES string of the molecule is CCCC1CCC2=C1C=C(C(C)(C)N(CC)CCC)CC2. The van der Waals surface area contributed by atoms with E-state index in [4.69, 9.17) is 0 Å². The number of rotatable bonds is 7. The first-order chi connectivity index (χ1) is 10.0. The minimum Gasteiger partial charge on any atom is -0.295 e. The average molecular weight is 290 g/mol. The van der Waals surface area contributed by atoms with E-state index >= 15 is 0 Å². The second kappa shape index (κ2) is 7.13. The van der Waals surface area contributed by atoms with Crippen LogP contribution in [-0.2, 0) is 0 Å². The second-order valence-corrected chi connectivity index (χ2v) is 7.39. The van der Waals surface area contributed by atoms with Gasteiger partial charge in [-0.25, -0.2) is 0 Å². The zero-order valence-electron chi connectivity index (χ0n) is 15.0. The fraction of sp³-hybridized carbons (Fsp3) is 0.800. The zero-order valence-corrected chi connectivity index (χ0v) is 15.0. The third-order valence-electron chi connectivity index (χ3n) is 5.76. The Morgan fingerprint density at radius 1 is 1.10 bits per heavy atom. The molecule has 2 aliphatic carbocycles. The molecule has 0 fully saturated rings. The maximum Gasteiger partial charge on any atom is 0.0367 e. The molecule has 0 saturated carbocycles. The first kappa shape index (κ1) is 16.8. The highest BCUT2D eigenvalue weighted by Gasteiger charge is 2.34. The molecule has 1 nitrogen and oxygen atoms in total. The molecular formula is C20H35N. The van der Waals surface area contributed by atoms with Crippen molar-refractivity contribution in [3.05, 3.63) is 22.8 Å².